The average Bonchev–Trinajstić information content (AvgIpc) is 3.66. The quantitative estimate of drug-likeness (QED) is 0.145. The Morgan fingerprint density at radius 3 is 1.14 bits per heavy atom. The summed E-state index contributed by atoms with van der Waals surface area (Å²) in [5.74, 6) is 0. The van der Waals surface area contributed by atoms with Crippen molar-refractivity contribution in [1.82, 2.24) is 0 Å². The summed E-state index contributed by atoms with van der Waals surface area (Å²) in [5.41, 5.74) is 15.1. The Morgan fingerprint density at radius 2 is 0.667 bits per heavy atom. The highest BCUT2D eigenvalue weighted by Gasteiger charge is 2.29. The van der Waals surface area contributed by atoms with Crippen LogP contribution in [0, 0.1) is 13.8 Å². The van der Waals surface area contributed by atoms with Crippen LogP contribution in [0.25, 0.3) is 55.0 Å². The Labute approximate surface area is 333 Å². The molecule has 1 heterocycles. The van der Waals surface area contributed by atoms with Crippen molar-refractivity contribution in [3.8, 4) is 22.3 Å². The highest BCUT2D eigenvalue weighted by atomic mass is 16.3. The van der Waals surface area contributed by atoms with Crippen LogP contribution in [0.2, 0.25) is 0 Å². The number of hydrogen-bond acceptors (Lipinski definition) is 3. The minimum absolute atomic E-state index is 0.829. The molecule has 0 aliphatic carbocycles. The third-order valence-corrected chi connectivity index (χ3v) is 11.0. The zero-order valence-corrected chi connectivity index (χ0v) is 31.9. The molecule has 0 spiro atoms. The second-order valence-electron chi connectivity index (χ2n) is 14.7. The molecule has 0 aliphatic heterocycles. The molecule has 0 bridgehead atoms. The molecule has 0 aliphatic rings. The lowest BCUT2D eigenvalue weighted by molar-refractivity contribution is 0.669. The average molecular weight is 733 g/mol. The van der Waals surface area contributed by atoms with Crippen molar-refractivity contribution in [2.75, 3.05) is 9.80 Å². The van der Waals surface area contributed by atoms with E-state index in [-0.39, 0.29) is 0 Å². The lowest BCUT2D eigenvalue weighted by Crippen LogP contribution is -2.14. The predicted molar refractivity (Wildman–Crippen MR) is 241 cm³/mol. The van der Waals surface area contributed by atoms with Crippen molar-refractivity contribution in [1.29, 1.82) is 0 Å². The first-order valence-corrected chi connectivity index (χ1v) is 19.5. The van der Waals surface area contributed by atoms with Crippen molar-refractivity contribution in [3.05, 3.63) is 217 Å². The van der Waals surface area contributed by atoms with Gasteiger partial charge in [0.25, 0.3) is 0 Å². The molecule has 57 heavy (non-hydrogen) atoms. The molecule has 0 radical (unpaired) electrons. The zero-order chi connectivity index (χ0) is 38.3. The number of hydrogen-bond donors (Lipinski definition) is 0. The molecule has 0 amide bonds. The van der Waals surface area contributed by atoms with Gasteiger partial charge in [0.15, 0.2) is 5.58 Å². The smallest absolute Gasteiger partial charge is 0.162 e. The van der Waals surface area contributed by atoms with E-state index in [0.29, 0.717) is 0 Å². The van der Waals surface area contributed by atoms with E-state index in [1.54, 1.807) is 0 Å². The van der Waals surface area contributed by atoms with Crippen molar-refractivity contribution in [2.45, 2.75) is 13.8 Å². The number of nitrogens with zero attached hydrogens (tertiary/aromatic N) is 2. The third-order valence-electron chi connectivity index (χ3n) is 11.0. The monoisotopic (exact) mass is 732 g/mol. The summed E-state index contributed by atoms with van der Waals surface area (Å²) >= 11 is 0. The van der Waals surface area contributed by atoms with Gasteiger partial charge in [-0.2, -0.15) is 0 Å². The van der Waals surface area contributed by atoms with Gasteiger partial charge in [0.1, 0.15) is 5.58 Å². The number of fused-ring (bicyclic) bond motifs is 4. The molecule has 0 saturated heterocycles. The second kappa shape index (κ2) is 14.4. The summed E-state index contributed by atoms with van der Waals surface area (Å²) in [6.45, 7) is 4.28. The van der Waals surface area contributed by atoms with Crippen molar-refractivity contribution in [2.24, 2.45) is 0 Å². The fourth-order valence-electron chi connectivity index (χ4n) is 8.12. The first-order valence-electron chi connectivity index (χ1n) is 19.5. The number of anilines is 6. The molecule has 0 unspecified atom stereocenters. The van der Waals surface area contributed by atoms with Gasteiger partial charge in [-0.15, -0.1) is 0 Å². The number of rotatable bonds is 8. The van der Waals surface area contributed by atoms with E-state index in [1.807, 2.05) is 0 Å². The molecule has 10 aromatic rings. The van der Waals surface area contributed by atoms with Gasteiger partial charge >= 0.3 is 0 Å². The molecule has 0 atom stereocenters. The van der Waals surface area contributed by atoms with E-state index >= 15 is 0 Å². The van der Waals surface area contributed by atoms with Gasteiger partial charge in [-0.3, -0.25) is 0 Å². The molecule has 0 fully saturated rings. The van der Waals surface area contributed by atoms with E-state index in [2.05, 4.69) is 230 Å². The van der Waals surface area contributed by atoms with E-state index in [9.17, 15) is 0 Å². The first kappa shape index (κ1) is 34.2. The molecular weight excluding hydrogens is 693 g/mol. The highest BCUT2D eigenvalue weighted by molar-refractivity contribution is 6.28. The molecule has 9 aromatic carbocycles. The van der Waals surface area contributed by atoms with Crippen LogP contribution in [-0.4, -0.2) is 0 Å². The van der Waals surface area contributed by atoms with E-state index < -0.39 is 0 Å². The molecule has 1 aromatic heterocycles. The highest BCUT2D eigenvalue weighted by Crippen LogP contribution is 2.53. The van der Waals surface area contributed by atoms with Crippen LogP contribution in [0.1, 0.15) is 11.1 Å². The van der Waals surface area contributed by atoms with Crippen LogP contribution in [0.15, 0.2) is 211 Å². The second-order valence-corrected chi connectivity index (χ2v) is 14.7. The van der Waals surface area contributed by atoms with E-state index in [0.717, 1.165) is 66.8 Å². The zero-order valence-electron chi connectivity index (χ0n) is 31.9. The maximum Gasteiger partial charge on any atom is 0.162 e. The minimum Gasteiger partial charge on any atom is -0.454 e. The van der Waals surface area contributed by atoms with Crippen molar-refractivity contribution < 1.29 is 4.42 Å². The number of benzene rings is 9. The van der Waals surface area contributed by atoms with E-state index in [1.165, 1.54) is 33.4 Å². The lowest BCUT2D eigenvalue weighted by Gasteiger charge is -2.31. The standard InChI is InChI=1S/C54H40N2O/c1-37-21-29-43(30-22-37)55(45-33-25-41(26-34-45)39-13-5-3-6-14-39)52-47-17-9-10-18-48(47)53(54-51(52)49-19-11-12-20-50(49)57-54)56(44-31-23-38(2)24-32-44)46-35-27-42(28-36-46)40-15-7-4-8-16-40/h3-36H,1-2H3. The number of para-hydroxylation sites is 1. The summed E-state index contributed by atoms with van der Waals surface area (Å²) in [5, 5.41) is 4.34. The molecule has 3 nitrogen and oxygen atoms in total. The SMILES string of the molecule is Cc1ccc(N(c2ccc(-c3ccccc3)cc2)c2c3ccccc3c(N(c3ccc(C)cc3)c3ccc(-c4ccccc4)cc3)c3c2oc2ccccc23)cc1. The summed E-state index contributed by atoms with van der Waals surface area (Å²) in [4.78, 5) is 4.78. The summed E-state index contributed by atoms with van der Waals surface area (Å²) in [6.07, 6.45) is 0. The molecule has 272 valence electrons. The lowest BCUT2D eigenvalue weighted by atomic mass is 9.97. The Morgan fingerprint density at radius 1 is 0.316 bits per heavy atom. The first-order chi connectivity index (χ1) is 28.1. The molecular formula is C54H40N2O. The van der Waals surface area contributed by atoms with Gasteiger partial charge in [-0.25, -0.2) is 0 Å². The predicted octanol–water partition coefficient (Wildman–Crippen LogP) is 15.6. The number of furan rings is 1. The van der Waals surface area contributed by atoms with Gasteiger partial charge < -0.3 is 14.2 Å². The van der Waals surface area contributed by atoms with Gasteiger partial charge in [0.2, 0.25) is 0 Å². The van der Waals surface area contributed by atoms with Gasteiger partial charge in [-0.05, 0) is 90.7 Å². The molecule has 0 N–H and O–H groups in total. The minimum atomic E-state index is 0.829. The largest absolute Gasteiger partial charge is 0.454 e. The summed E-state index contributed by atoms with van der Waals surface area (Å²) in [7, 11) is 0. The van der Waals surface area contributed by atoms with Gasteiger partial charge in [-0.1, -0.05) is 163 Å². The third kappa shape index (κ3) is 6.20. The maximum atomic E-state index is 7.12. The summed E-state index contributed by atoms with van der Waals surface area (Å²) < 4.78 is 7.12. The Balaban J connectivity index is 1.28. The Bertz CT molecular complexity index is 2990. The normalized spacial score (nSPS) is 11.3. The van der Waals surface area contributed by atoms with Crippen LogP contribution >= 0.6 is 0 Å². The van der Waals surface area contributed by atoms with Crippen LogP contribution in [0.3, 0.4) is 0 Å². The van der Waals surface area contributed by atoms with Gasteiger partial charge in [0.05, 0.1) is 16.8 Å². The van der Waals surface area contributed by atoms with Crippen LogP contribution in [0.5, 0.6) is 0 Å². The summed E-state index contributed by atoms with van der Waals surface area (Å²) in [6, 6.07) is 73.8. The van der Waals surface area contributed by atoms with Crippen molar-refractivity contribution in [3.63, 3.8) is 0 Å². The van der Waals surface area contributed by atoms with Crippen LogP contribution in [-0.2, 0) is 0 Å². The topological polar surface area (TPSA) is 19.6 Å². The Hall–Kier alpha value is -7.36. The number of aryl methyl sites for hydroxylation is 2. The van der Waals surface area contributed by atoms with Crippen LogP contribution in [0.4, 0.5) is 34.1 Å². The van der Waals surface area contributed by atoms with E-state index in [4.69, 9.17) is 4.42 Å². The molecule has 0 saturated carbocycles. The molecule has 3 heteroatoms. The molecule has 10 rings (SSSR count). The van der Waals surface area contributed by atoms with Crippen molar-refractivity contribution >= 4 is 66.8 Å². The Kier molecular flexibility index (Phi) is 8.61. The fraction of sp³-hybridized carbons (Fsp3) is 0.0370. The van der Waals surface area contributed by atoms with Gasteiger partial charge in [0, 0.05) is 38.9 Å². The van der Waals surface area contributed by atoms with Crippen LogP contribution < -0.4 is 9.80 Å². The maximum absolute atomic E-state index is 7.12. The fourth-order valence-corrected chi connectivity index (χ4v) is 8.12.